The van der Waals surface area contributed by atoms with Gasteiger partial charge in [0.2, 0.25) is 0 Å². The fourth-order valence-electron chi connectivity index (χ4n) is 2.42. The van der Waals surface area contributed by atoms with E-state index in [4.69, 9.17) is 0 Å². The fraction of sp³-hybridized carbons (Fsp3) is 0.111. The van der Waals surface area contributed by atoms with Crippen LogP contribution in [0, 0.1) is 0 Å². The number of carbonyl (C=O) groups is 1. The van der Waals surface area contributed by atoms with Crippen molar-refractivity contribution in [1.82, 2.24) is 9.88 Å². The highest BCUT2D eigenvalue weighted by Gasteiger charge is 2.14. The minimum Gasteiger partial charge on any atom is -0.337 e. The van der Waals surface area contributed by atoms with Gasteiger partial charge in [0.15, 0.2) is 0 Å². The summed E-state index contributed by atoms with van der Waals surface area (Å²) in [5, 5.41) is 0.893. The number of amides is 1. The summed E-state index contributed by atoms with van der Waals surface area (Å²) in [4.78, 5) is 18.7. The van der Waals surface area contributed by atoms with Crippen LogP contribution >= 0.6 is 0 Å². The van der Waals surface area contributed by atoms with E-state index >= 15 is 0 Å². The molecule has 3 nitrogen and oxygen atoms in total. The number of rotatable bonds is 3. The molecule has 0 N–H and O–H groups in total. The number of benzene rings is 2. The Labute approximate surface area is 123 Å². The van der Waals surface area contributed by atoms with Crippen molar-refractivity contribution in [3.63, 3.8) is 0 Å². The minimum absolute atomic E-state index is 0.0115. The van der Waals surface area contributed by atoms with Crippen LogP contribution < -0.4 is 0 Å². The van der Waals surface area contributed by atoms with Crippen molar-refractivity contribution >= 4 is 16.8 Å². The summed E-state index contributed by atoms with van der Waals surface area (Å²) in [6.07, 6.45) is 1.74. The number of hydrogen-bond donors (Lipinski definition) is 0. The van der Waals surface area contributed by atoms with Crippen molar-refractivity contribution in [3.05, 3.63) is 78.0 Å². The maximum absolute atomic E-state index is 12.7. The lowest BCUT2D eigenvalue weighted by atomic mass is 10.1. The third-order valence-corrected chi connectivity index (χ3v) is 3.49. The van der Waals surface area contributed by atoms with Gasteiger partial charge in [-0.3, -0.25) is 9.78 Å². The maximum Gasteiger partial charge on any atom is 0.254 e. The second-order valence-corrected chi connectivity index (χ2v) is 5.02. The molecule has 0 radical (unpaired) electrons. The number of aromatic nitrogens is 1. The van der Waals surface area contributed by atoms with Gasteiger partial charge in [-0.2, -0.15) is 0 Å². The van der Waals surface area contributed by atoms with Gasteiger partial charge in [0.05, 0.1) is 5.52 Å². The molecule has 0 aliphatic heterocycles. The quantitative estimate of drug-likeness (QED) is 0.733. The molecule has 0 saturated heterocycles. The molecule has 1 heterocycles. The highest BCUT2D eigenvalue weighted by atomic mass is 16.2. The summed E-state index contributed by atoms with van der Waals surface area (Å²) in [5.74, 6) is 0.0115. The maximum atomic E-state index is 12.7. The van der Waals surface area contributed by atoms with E-state index in [9.17, 15) is 4.79 Å². The van der Waals surface area contributed by atoms with E-state index in [1.165, 1.54) is 0 Å². The molecule has 0 fully saturated rings. The summed E-state index contributed by atoms with van der Waals surface area (Å²) in [5.41, 5.74) is 2.65. The summed E-state index contributed by atoms with van der Waals surface area (Å²) in [7, 11) is 1.82. The van der Waals surface area contributed by atoms with Gasteiger partial charge in [-0.25, -0.2) is 0 Å². The molecule has 0 saturated carbocycles. The molecule has 0 aliphatic rings. The van der Waals surface area contributed by atoms with E-state index in [2.05, 4.69) is 4.98 Å². The molecule has 0 atom stereocenters. The monoisotopic (exact) mass is 276 g/mol. The van der Waals surface area contributed by atoms with Gasteiger partial charge in [0, 0.05) is 30.7 Å². The molecule has 0 spiro atoms. The first-order valence-electron chi connectivity index (χ1n) is 6.89. The zero-order chi connectivity index (χ0) is 14.7. The second kappa shape index (κ2) is 5.75. The van der Waals surface area contributed by atoms with Crippen LogP contribution in [0.5, 0.6) is 0 Å². The van der Waals surface area contributed by atoms with E-state index in [0.29, 0.717) is 12.1 Å². The Morgan fingerprint density at radius 2 is 1.81 bits per heavy atom. The normalized spacial score (nSPS) is 10.5. The van der Waals surface area contributed by atoms with Crippen molar-refractivity contribution in [1.29, 1.82) is 0 Å². The van der Waals surface area contributed by atoms with Crippen LogP contribution in [0.1, 0.15) is 15.9 Å². The van der Waals surface area contributed by atoms with Crippen molar-refractivity contribution < 1.29 is 4.79 Å². The first-order valence-corrected chi connectivity index (χ1v) is 6.89. The Morgan fingerprint density at radius 1 is 1.00 bits per heavy atom. The van der Waals surface area contributed by atoms with Gasteiger partial charge in [-0.05, 0) is 23.8 Å². The third-order valence-electron chi connectivity index (χ3n) is 3.49. The lowest BCUT2D eigenvalue weighted by Gasteiger charge is -2.18. The van der Waals surface area contributed by atoms with Gasteiger partial charge in [0.25, 0.3) is 5.91 Å². The Hall–Kier alpha value is -2.68. The van der Waals surface area contributed by atoms with E-state index in [1.54, 1.807) is 11.1 Å². The van der Waals surface area contributed by atoms with Crippen LogP contribution in [-0.4, -0.2) is 22.8 Å². The summed E-state index contributed by atoms with van der Waals surface area (Å²) >= 11 is 0. The van der Waals surface area contributed by atoms with Crippen molar-refractivity contribution in [2.75, 3.05) is 7.05 Å². The average molecular weight is 276 g/mol. The molecule has 0 aliphatic carbocycles. The second-order valence-electron chi connectivity index (χ2n) is 5.02. The van der Waals surface area contributed by atoms with Crippen LogP contribution in [0.3, 0.4) is 0 Å². The van der Waals surface area contributed by atoms with Crippen LogP contribution in [0.4, 0.5) is 0 Å². The van der Waals surface area contributed by atoms with E-state index < -0.39 is 0 Å². The molecular weight excluding hydrogens is 260 g/mol. The Morgan fingerprint density at radius 3 is 2.62 bits per heavy atom. The van der Waals surface area contributed by atoms with Gasteiger partial charge in [-0.1, -0.05) is 42.5 Å². The SMILES string of the molecule is CN(Cc1ccccc1)C(=O)c1cccc2ncccc12. The number of carbonyl (C=O) groups excluding carboxylic acids is 1. The highest BCUT2D eigenvalue weighted by Crippen LogP contribution is 2.18. The first-order chi connectivity index (χ1) is 10.3. The predicted octanol–water partition coefficient (Wildman–Crippen LogP) is 3.51. The molecule has 0 unspecified atom stereocenters. The number of pyridine rings is 1. The molecule has 3 rings (SSSR count). The lowest BCUT2D eigenvalue weighted by Crippen LogP contribution is -2.26. The smallest absolute Gasteiger partial charge is 0.254 e. The summed E-state index contributed by atoms with van der Waals surface area (Å²) in [6.45, 7) is 0.594. The highest BCUT2D eigenvalue weighted by molar-refractivity contribution is 6.05. The number of hydrogen-bond acceptors (Lipinski definition) is 2. The Balaban J connectivity index is 1.90. The number of fused-ring (bicyclic) bond motifs is 1. The van der Waals surface area contributed by atoms with Crippen molar-refractivity contribution in [3.8, 4) is 0 Å². The van der Waals surface area contributed by atoms with E-state index in [-0.39, 0.29) is 5.91 Å². The molecule has 21 heavy (non-hydrogen) atoms. The average Bonchev–Trinajstić information content (AvgIpc) is 2.54. The third kappa shape index (κ3) is 2.77. The molecular formula is C18H16N2O. The molecule has 1 aromatic heterocycles. The summed E-state index contributed by atoms with van der Waals surface area (Å²) in [6, 6.07) is 19.4. The van der Waals surface area contributed by atoms with Crippen LogP contribution in [0.2, 0.25) is 0 Å². The van der Waals surface area contributed by atoms with Crippen molar-refractivity contribution in [2.24, 2.45) is 0 Å². The van der Waals surface area contributed by atoms with E-state index in [0.717, 1.165) is 16.5 Å². The number of nitrogens with zero attached hydrogens (tertiary/aromatic N) is 2. The predicted molar refractivity (Wildman–Crippen MR) is 84.0 cm³/mol. The van der Waals surface area contributed by atoms with Gasteiger partial charge >= 0.3 is 0 Å². The Bertz CT molecular complexity index is 763. The molecule has 104 valence electrons. The van der Waals surface area contributed by atoms with Gasteiger partial charge in [-0.15, -0.1) is 0 Å². The van der Waals surface area contributed by atoms with E-state index in [1.807, 2.05) is 67.7 Å². The van der Waals surface area contributed by atoms with Crippen LogP contribution in [-0.2, 0) is 6.54 Å². The van der Waals surface area contributed by atoms with Gasteiger partial charge in [0.1, 0.15) is 0 Å². The first kappa shape index (κ1) is 13.3. The lowest BCUT2D eigenvalue weighted by molar-refractivity contribution is 0.0787. The fourth-order valence-corrected chi connectivity index (χ4v) is 2.42. The molecule has 3 aromatic rings. The van der Waals surface area contributed by atoms with Crippen LogP contribution in [0.15, 0.2) is 66.9 Å². The standard InChI is InChI=1S/C18H16N2O/c1-20(13-14-7-3-2-4-8-14)18(21)16-9-5-11-17-15(16)10-6-12-19-17/h2-12H,13H2,1H3. The van der Waals surface area contributed by atoms with Crippen molar-refractivity contribution in [2.45, 2.75) is 6.54 Å². The largest absolute Gasteiger partial charge is 0.337 e. The van der Waals surface area contributed by atoms with Gasteiger partial charge < -0.3 is 4.90 Å². The Kier molecular flexibility index (Phi) is 3.65. The molecule has 0 bridgehead atoms. The summed E-state index contributed by atoms with van der Waals surface area (Å²) < 4.78 is 0. The zero-order valence-corrected chi connectivity index (χ0v) is 11.9. The molecule has 3 heteroatoms. The molecule has 2 aromatic carbocycles. The van der Waals surface area contributed by atoms with Crippen LogP contribution in [0.25, 0.3) is 10.9 Å². The minimum atomic E-state index is 0.0115. The zero-order valence-electron chi connectivity index (χ0n) is 11.9. The molecule has 1 amide bonds. The topological polar surface area (TPSA) is 33.2 Å².